The van der Waals surface area contributed by atoms with Crippen molar-refractivity contribution in [3.8, 4) is 5.75 Å². The Morgan fingerprint density at radius 1 is 1.30 bits per heavy atom. The fourth-order valence-electron chi connectivity index (χ4n) is 4.94. The molecule has 0 amide bonds. The summed E-state index contributed by atoms with van der Waals surface area (Å²) >= 11 is 0. The fraction of sp³-hybridized carbons (Fsp3) is 0.667. The van der Waals surface area contributed by atoms with E-state index in [1.165, 1.54) is 24.7 Å². The zero-order valence-corrected chi connectivity index (χ0v) is 20.9. The SMILES string of the molecule is CN=C(NCC1CCN(S(C)(=O)=O)C1)NC1CC2(CCCC2)Oc2ccccc21.I. The average Bonchev–Trinajstić information content (AvgIpc) is 3.34. The van der Waals surface area contributed by atoms with Gasteiger partial charge in [-0.3, -0.25) is 4.99 Å². The fourth-order valence-corrected chi connectivity index (χ4v) is 5.86. The first-order valence-electron chi connectivity index (χ1n) is 10.6. The summed E-state index contributed by atoms with van der Waals surface area (Å²) in [6.45, 7) is 1.89. The summed E-state index contributed by atoms with van der Waals surface area (Å²) in [6.07, 6.45) is 7.76. The summed E-state index contributed by atoms with van der Waals surface area (Å²) in [4.78, 5) is 4.42. The maximum absolute atomic E-state index is 11.7. The summed E-state index contributed by atoms with van der Waals surface area (Å²) < 4.78 is 31.5. The lowest BCUT2D eigenvalue weighted by Gasteiger charge is -2.40. The van der Waals surface area contributed by atoms with Crippen molar-refractivity contribution in [3.63, 3.8) is 0 Å². The van der Waals surface area contributed by atoms with Gasteiger partial charge in [-0.1, -0.05) is 18.2 Å². The number of nitrogens with zero attached hydrogens (tertiary/aromatic N) is 2. The molecule has 2 atom stereocenters. The number of hydrogen-bond donors (Lipinski definition) is 2. The molecule has 168 valence electrons. The zero-order chi connectivity index (χ0) is 20.5. The van der Waals surface area contributed by atoms with Crippen LogP contribution in [0.3, 0.4) is 0 Å². The highest BCUT2D eigenvalue weighted by molar-refractivity contribution is 14.0. The van der Waals surface area contributed by atoms with Gasteiger partial charge in [0.1, 0.15) is 11.4 Å². The van der Waals surface area contributed by atoms with Crippen LogP contribution in [-0.4, -0.2) is 57.2 Å². The van der Waals surface area contributed by atoms with Crippen molar-refractivity contribution in [2.45, 2.75) is 50.2 Å². The number of ether oxygens (including phenoxy) is 1. The molecule has 0 radical (unpaired) electrons. The molecule has 7 nitrogen and oxygen atoms in total. The van der Waals surface area contributed by atoms with Crippen molar-refractivity contribution in [3.05, 3.63) is 29.8 Å². The van der Waals surface area contributed by atoms with E-state index < -0.39 is 10.0 Å². The van der Waals surface area contributed by atoms with Crippen LogP contribution in [0, 0.1) is 5.92 Å². The van der Waals surface area contributed by atoms with E-state index in [0.717, 1.165) is 37.4 Å². The van der Waals surface area contributed by atoms with Gasteiger partial charge < -0.3 is 15.4 Å². The molecule has 2 aliphatic heterocycles. The van der Waals surface area contributed by atoms with Gasteiger partial charge >= 0.3 is 0 Å². The first-order chi connectivity index (χ1) is 13.9. The zero-order valence-electron chi connectivity index (χ0n) is 17.8. The minimum atomic E-state index is -3.10. The Kier molecular flexibility index (Phi) is 7.55. The molecule has 1 aromatic rings. The molecule has 1 spiro atoms. The van der Waals surface area contributed by atoms with E-state index in [1.54, 1.807) is 11.4 Å². The van der Waals surface area contributed by atoms with Crippen molar-refractivity contribution >= 4 is 40.0 Å². The van der Waals surface area contributed by atoms with Crippen LogP contribution in [0.2, 0.25) is 0 Å². The number of aliphatic imine (C=N–C) groups is 1. The van der Waals surface area contributed by atoms with Gasteiger partial charge in [-0.25, -0.2) is 12.7 Å². The van der Waals surface area contributed by atoms with E-state index in [9.17, 15) is 8.42 Å². The normalized spacial score (nSPS) is 26.0. The third-order valence-electron chi connectivity index (χ3n) is 6.52. The molecule has 4 rings (SSSR count). The van der Waals surface area contributed by atoms with Crippen LogP contribution in [0.4, 0.5) is 0 Å². The predicted molar refractivity (Wildman–Crippen MR) is 130 cm³/mol. The van der Waals surface area contributed by atoms with Gasteiger partial charge in [-0.15, -0.1) is 24.0 Å². The van der Waals surface area contributed by atoms with Gasteiger partial charge in [0.2, 0.25) is 10.0 Å². The molecule has 1 aliphatic carbocycles. The van der Waals surface area contributed by atoms with Crippen LogP contribution >= 0.6 is 24.0 Å². The molecule has 2 N–H and O–H groups in total. The second-order valence-corrected chi connectivity index (χ2v) is 10.6. The van der Waals surface area contributed by atoms with Gasteiger partial charge in [0.05, 0.1) is 12.3 Å². The molecule has 1 saturated heterocycles. The van der Waals surface area contributed by atoms with Crippen molar-refractivity contribution < 1.29 is 13.2 Å². The quantitative estimate of drug-likeness (QED) is 0.344. The van der Waals surface area contributed by atoms with Gasteiger partial charge in [0.25, 0.3) is 0 Å². The Morgan fingerprint density at radius 3 is 2.70 bits per heavy atom. The number of sulfonamides is 1. The summed E-state index contributed by atoms with van der Waals surface area (Å²) in [6, 6.07) is 8.43. The molecule has 3 aliphatic rings. The highest BCUT2D eigenvalue weighted by Crippen LogP contribution is 2.46. The van der Waals surface area contributed by atoms with E-state index >= 15 is 0 Å². The van der Waals surface area contributed by atoms with E-state index in [4.69, 9.17) is 4.74 Å². The maximum atomic E-state index is 11.7. The van der Waals surface area contributed by atoms with Crippen LogP contribution in [0.25, 0.3) is 0 Å². The highest BCUT2D eigenvalue weighted by atomic mass is 127. The van der Waals surface area contributed by atoms with Gasteiger partial charge in [-0.2, -0.15) is 0 Å². The largest absolute Gasteiger partial charge is 0.487 e. The molecule has 2 unspecified atom stereocenters. The Bertz CT molecular complexity index is 871. The van der Waals surface area contributed by atoms with Crippen molar-refractivity contribution in [2.24, 2.45) is 10.9 Å². The van der Waals surface area contributed by atoms with Crippen molar-refractivity contribution in [1.29, 1.82) is 0 Å². The molecule has 0 bridgehead atoms. The van der Waals surface area contributed by atoms with Crippen LogP contribution < -0.4 is 15.4 Å². The molecule has 1 aromatic carbocycles. The Balaban J connectivity index is 0.00000256. The number of guanidine groups is 1. The van der Waals surface area contributed by atoms with E-state index in [1.807, 2.05) is 6.07 Å². The number of para-hydroxylation sites is 1. The summed E-state index contributed by atoms with van der Waals surface area (Å²) in [7, 11) is -1.32. The van der Waals surface area contributed by atoms with Crippen LogP contribution in [-0.2, 0) is 10.0 Å². The lowest BCUT2D eigenvalue weighted by Crippen LogP contribution is -2.47. The third-order valence-corrected chi connectivity index (χ3v) is 7.79. The number of hydrogen-bond acceptors (Lipinski definition) is 4. The van der Waals surface area contributed by atoms with Gasteiger partial charge in [-0.05, 0) is 44.1 Å². The molecular weight excluding hydrogens is 515 g/mol. The number of nitrogens with one attached hydrogen (secondary N) is 2. The Labute approximate surface area is 197 Å². The van der Waals surface area contributed by atoms with Crippen molar-refractivity contribution in [2.75, 3.05) is 32.9 Å². The monoisotopic (exact) mass is 548 g/mol. The summed E-state index contributed by atoms with van der Waals surface area (Å²) in [5, 5.41) is 7.02. The van der Waals surface area contributed by atoms with Gasteiger partial charge in [0.15, 0.2) is 5.96 Å². The first-order valence-corrected chi connectivity index (χ1v) is 12.4. The van der Waals surface area contributed by atoms with Crippen LogP contribution in [0.1, 0.15) is 50.1 Å². The molecule has 9 heteroatoms. The Hall–Kier alpha value is -1.07. The van der Waals surface area contributed by atoms with E-state index in [-0.39, 0.29) is 35.6 Å². The van der Waals surface area contributed by atoms with E-state index in [2.05, 4.69) is 33.8 Å². The topological polar surface area (TPSA) is 83.0 Å². The second-order valence-electron chi connectivity index (χ2n) is 8.66. The van der Waals surface area contributed by atoms with Crippen LogP contribution in [0.15, 0.2) is 29.3 Å². The number of halogens is 1. The second kappa shape index (κ2) is 9.60. The molecule has 2 heterocycles. The maximum Gasteiger partial charge on any atom is 0.211 e. The molecule has 2 fully saturated rings. The van der Waals surface area contributed by atoms with Gasteiger partial charge in [0, 0.05) is 38.7 Å². The highest BCUT2D eigenvalue weighted by Gasteiger charge is 2.43. The number of rotatable bonds is 4. The molecule has 30 heavy (non-hydrogen) atoms. The standard InChI is InChI=1S/C21H32N4O3S.HI/c1-22-20(23-14-16-9-12-25(15-16)29(2,26)27)24-18-13-21(10-5-6-11-21)28-19-8-4-3-7-17(18)19;/h3-4,7-8,16,18H,5-6,9-15H2,1-2H3,(H2,22,23,24);1H. The van der Waals surface area contributed by atoms with Crippen LogP contribution in [0.5, 0.6) is 5.75 Å². The Morgan fingerprint density at radius 2 is 2.03 bits per heavy atom. The van der Waals surface area contributed by atoms with E-state index in [0.29, 0.717) is 25.6 Å². The minimum Gasteiger partial charge on any atom is -0.487 e. The number of benzene rings is 1. The predicted octanol–water partition coefficient (Wildman–Crippen LogP) is 2.89. The summed E-state index contributed by atoms with van der Waals surface area (Å²) in [5.41, 5.74) is 1.11. The molecule has 0 aromatic heterocycles. The third kappa shape index (κ3) is 5.21. The lowest BCUT2D eigenvalue weighted by atomic mass is 9.86. The van der Waals surface area contributed by atoms with Crippen molar-refractivity contribution in [1.82, 2.24) is 14.9 Å². The average molecular weight is 548 g/mol. The minimum absolute atomic E-state index is 0. The first kappa shape index (κ1) is 23.6. The summed E-state index contributed by atoms with van der Waals surface area (Å²) in [5.74, 6) is 2.04. The lowest BCUT2D eigenvalue weighted by molar-refractivity contribution is 0.0396. The molecule has 1 saturated carbocycles. The number of fused-ring (bicyclic) bond motifs is 1. The smallest absolute Gasteiger partial charge is 0.211 e. The molecular formula is C21H33IN4O3S.